The number of hydrogen-bond donors (Lipinski definition) is 2. The van der Waals surface area contributed by atoms with Crippen molar-refractivity contribution < 1.29 is 9.94 Å². The number of pyridine rings is 1. The van der Waals surface area contributed by atoms with Gasteiger partial charge in [0.25, 0.3) is 0 Å². The van der Waals surface area contributed by atoms with Crippen molar-refractivity contribution in [3.63, 3.8) is 0 Å². The van der Waals surface area contributed by atoms with E-state index in [-0.39, 0.29) is 12.4 Å². The summed E-state index contributed by atoms with van der Waals surface area (Å²) in [5.74, 6) is 0.326. The molecule has 0 bridgehead atoms. The number of rotatable bonds is 4. The van der Waals surface area contributed by atoms with Crippen molar-refractivity contribution in [3.8, 4) is 5.75 Å². The van der Waals surface area contributed by atoms with Crippen LogP contribution in [0.5, 0.6) is 5.75 Å². The molecule has 2 rings (SSSR count). The van der Waals surface area contributed by atoms with Gasteiger partial charge in [-0.2, -0.15) is 0 Å². The topological polar surface area (TPSA) is 80.7 Å². The molecule has 0 radical (unpaired) electrons. The third-order valence-corrected chi connectivity index (χ3v) is 3.29. The van der Waals surface area contributed by atoms with Crippen LogP contribution < -0.4 is 10.5 Å². The van der Waals surface area contributed by atoms with Gasteiger partial charge < -0.3 is 15.7 Å². The Labute approximate surface area is 129 Å². The van der Waals surface area contributed by atoms with Crippen molar-refractivity contribution in [3.05, 3.63) is 57.3 Å². The third kappa shape index (κ3) is 3.40. The second-order valence-electron chi connectivity index (χ2n) is 3.85. The zero-order valence-electron chi connectivity index (χ0n) is 10.3. The van der Waals surface area contributed by atoms with Crippen LogP contribution in [-0.2, 0) is 6.61 Å². The van der Waals surface area contributed by atoms with Crippen molar-refractivity contribution in [2.45, 2.75) is 6.61 Å². The molecule has 0 saturated heterocycles. The minimum absolute atomic E-state index is 0.102. The number of nitrogens with two attached hydrogens (primary N) is 1. The van der Waals surface area contributed by atoms with Crippen LogP contribution in [0.2, 0.25) is 5.02 Å². The Balaban J connectivity index is 2.21. The maximum Gasteiger partial charge on any atom is 0.175 e. The Morgan fingerprint density at radius 1 is 1.40 bits per heavy atom. The maximum absolute atomic E-state index is 8.78. The molecule has 0 saturated carbocycles. The highest BCUT2D eigenvalue weighted by Gasteiger charge is 2.13. The Hall–Kier alpha value is -1.79. The summed E-state index contributed by atoms with van der Waals surface area (Å²) < 4.78 is 6.52. The Kier molecular flexibility index (Phi) is 4.81. The highest BCUT2D eigenvalue weighted by atomic mass is 79.9. The van der Waals surface area contributed by atoms with Crippen LogP contribution in [0, 0.1) is 0 Å². The molecule has 0 fully saturated rings. The maximum atomic E-state index is 8.78. The molecular weight excluding hydrogens is 346 g/mol. The van der Waals surface area contributed by atoms with Gasteiger partial charge in [-0.1, -0.05) is 22.8 Å². The molecule has 0 atom stereocenters. The highest BCUT2D eigenvalue weighted by molar-refractivity contribution is 9.10. The van der Waals surface area contributed by atoms with Gasteiger partial charge in [0.2, 0.25) is 0 Å². The Morgan fingerprint density at radius 2 is 2.20 bits per heavy atom. The molecule has 0 aliphatic rings. The normalized spacial score (nSPS) is 11.4. The molecule has 0 aliphatic carbocycles. The molecule has 2 aromatic rings. The fourth-order valence-corrected chi connectivity index (χ4v) is 2.06. The first-order valence-electron chi connectivity index (χ1n) is 5.61. The second kappa shape index (κ2) is 6.58. The number of oxime groups is 1. The lowest BCUT2D eigenvalue weighted by atomic mass is 10.2. The minimum Gasteiger partial charge on any atom is -0.486 e. The molecule has 1 heterocycles. The Bertz CT molecular complexity index is 632. The van der Waals surface area contributed by atoms with E-state index in [1.165, 1.54) is 0 Å². The summed E-state index contributed by atoms with van der Waals surface area (Å²) >= 11 is 9.34. The van der Waals surface area contributed by atoms with Gasteiger partial charge in [-0.05, 0) is 40.2 Å². The zero-order chi connectivity index (χ0) is 14.5. The number of ether oxygens (including phenoxy) is 1. The molecule has 0 unspecified atom stereocenters. The van der Waals surface area contributed by atoms with Gasteiger partial charge in [-0.3, -0.25) is 4.98 Å². The lowest BCUT2D eigenvalue weighted by molar-refractivity contribution is 0.299. The predicted octanol–water partition coefficient (Wildman–Crippen LogP) is 3.17. The summed E-state index contributed by atoms with van der Waals surface area (Å²) in [6, 6.07) is 8.75. The molecule has 20 heavy (non-hydrogen) atoms. The molecule has 5 nitrogen and oxygen atoms in total. The van der Waals surface area contributed by atoms with E-state index in [0.29, 0.717) is 16.3 Å². The summed E-state index contributed by atoms with van der Waals surface area (Å²) in [5.41, 5.74) is 6.70. The first-order chi connectivity index (χ1) is 9.61. The number of amidine groups is 1. The number of hydrogen-bond acceptors (Lipinski definition) is 4. The molecule has 1 aromatic carbocycles. The quantitative estimate of drug-likeness (QED) is 0.381. The molecule has 3 N–H and O–H groups in total. The molecule has 0 amide bonds. The molecule has 104 valence electrons. The van der Waals surface area contributed by atoms with Crippen LogP contribution in [-0.4, -0.2) is 16.0 Å². The molecule has 7 heteroatoms. The molecule has 0 aliphatic heterocycles. The van der Waals surface area contributed by atoms with Crippen molar-refractivity contribution in [1.29, 1.82) is 0 Å². The van der Waals surface area contributed by atoms with Gasteiger partial charge in [0.1, 0.15) is 12.4 Å². The van der Waals surface area contributed by atoms with Crippen molar-refractivity contribution in [1.82, 2.24) is 4.98 Å². The van der Waals surface area contributed by atoms with Gasteiger partial charge in [-0.25, -0.2) is 0 Å². The van der Waals surface area contributed by atoms with Crippen LogP contribution in [0.25, 0.3) is 0 Å². The summed E-state index contributed by atoms with van der Waals surface area (Å²) in [5, 5.41) is 12.1. The third-order valence-electron chi connectivity index (χ3n) is 2.50. The van der Waals surface area contributed by atoms with Crippen molar-refractivity contribution >= 4 is 33.4 Å². The standard InChI is InChI=1S/C13H11BrClN3O2/c14-8-4-5-9(17-6-8)7-20-11-3-1-2-10(15)12(11)13(16)18-19/h1-6,19H,7H2,(H2,16,18). The summed E-state index contributed by atoms with van der Waals surface area (Å²) in [6.07, 6.45) is 1.68. The van der Waals surface area contributed by atoms with Crippen LogP contribution in [0.15, 0.2) is 46.2 Å². The van der Waals surface area contributed by atoms with Gasteiger partial charge in [-0.15, -0.1) is 0 Å². The van der Waals surface area contributed by atoms with Gasteiger partial charge in [0.05, 0.1) is 16.3 Å². The number of nitrogens with zero attached hydrogens (tertiary/aromatic N) is 2. The minimum atomic E-state index is -0.102. The van der Waals surface area contributed by atoms with Gasteiger partial charge in [0.15, 0.2) is 5.84 Å². The number of benzene rings is 1. The van der Waals surface area contributed by atoms with E-state index in [4.69, 9.17) is 27.3 Å². The monoisotopic (exact) mass is 355 g/mol. The van der Waals surface area contributed by atoms with E-state index in [1.54, 1.807) is 24.4 Å². The van der Waals surface area contributed by atoms with E-state index < -0.39 is 0 Å². The van der Waals surface area contributed by atoms with Crippen molar-refractivity contribution in [2.24, 2.45) is 10.9 Å². The van der Waals surface area contributed by atoms with E-state index >= 15 is 0 Å². The molecule has 1 aromatic heterocycles. The smallest absolute Gasteiger partial charge is 0.175 e. The van der Waals surface area contributed by atoms with Crippen LogP contribution in [0.4, 0.5) is 0 Å². The molecule has 0 spiro atoms. The SMILES string of the molecule is N/C(=N/O)c1c(Cl)cccc1OCc1ccc(Br)cn1. The average Bonchev–Trinajstić information content (AvgIpc) is 2.46. The predicted molar refractivity (Wildman–Crippen MR) is 80.2 cm³/mol. The summed E-state index contributed by atoms with van der Waals surface area (Å²) in [7, 11) is 0. The van der Waals surface area contributed by atoms with E-state index in [2.05, 4.69) is 26.1 Å². The fourth-order valence-electron chi connectivity index (χ4n) is 1.57. The highest BCUT2D eigenvalue weighted by Crippen LogP contribution is 2.26. The van der Waals surface area contributed by atoms with Crippen LogP contribution in [0.3, 0.4) is 0 Å². The summed E-state index contributed by atoms with van der Waals surface area (Å²) in [4.78, 5) is 4.19. The van der Waals surface area contributed by atoms with E-state index in [0.717, 1.165) is 10.2 Å². The lowest BCUT2D eigenvalue weighted by Gasteiger charge is -2.11. The summed E-state index contributed by atoms with van der Waals surface area (Å²) in [6.45, 7) is 0.249. The zero-order valence-corrected chi connectivity index (χ0v) is 12.6. The van der Waals surface area contributed by atoms with Crippen molar-refractivity contribution in [2.75, 3.05) is 0 Å². The van der Waals surface area contributed by atoms with E-state index in [9.17, 15) is 0 Å². The first kappa shape index (κ1) is 14.6. The number of halogens is 2. The molecular formula is C13H11BrClN3O2. The lowest BCUT2D eigenvalue weighted by Crippen LogP contribution is -2.15. The first-order valence-corrected chi connectivity index (χ1v) is 6.78. The van der Waals surface area contributed by atoms with Crippen LogP contribution >= 0.6 is 27.5 Å². The average molecular weight is 357 g/mol. The largest absolute Gasteiger partial charge is 0.486 e. The van der Waals surface area contributed by atoms with Crippen LogP contribution in [0.1, 0.15) is 11.3 Å². The Morgan fingerprint density at radius 3 is 2.85 bits per heavy atom. The number of aromatic nitrogens is 1. The second-order valence-corrected chi connectivity index (χ2v) is 5.18. The van der Waals surface area contributed by atoms with E-state index in [1.807, 2.05) is 12.1 Å². The van der Waals surface area contributed by atoms with Gasteiger partial charge in [0, 0.05) is 10.7 Å². The van der Waals surface area contributed by atoms with Gasteiger partial charge >= 0.3 is 0 Å². The fraction of sp³-hybridized carbons (Fsp3) is 0.0769.